The molecule has 3 heterocycles. The van der Waals surface area contributed by atoms with Crippen molar-refractivity contribution < 1.29 is 24.5 Å². The van der Waals surface area contributed by atoms with Crippen LogP contribution in [-0.4, -0.2) is 64.1 Å². The van der Waals surface area contributed by atoms with Crippen molar-refractivity contribution in [2.24, 2.45) is 0 Å². The Balaban J connectivity index is 0.808. The van der Waals surface area contributed by atoms with Crippen LogP contribution in [0.4, 0.5) is 10.5 Å². The van der Waals surface area contributed by atoms with Crippen LogP contribution in [-0.2, 0) is 17.8 Å². The highest BCUT2D eigenvalue weighted by molar-refractivity contribution is 5.88. The number of pyridine rings is 1. The van der Waals surface area contributed by atoms with Gasteiger partial charge in [0.25, 0.3) is 0 Å². The van der Waals surface area contributed by atoms with Gasteiger partial charge >= 0.3 is 6.09 Å². The lowest BCUT2D eigenvalue weighted by Crippen LogP contribution is -2.46. The van der Waals surface area contributed by atoms with Crippen molar-refractivity contribution >= 4 is 22.7 Å². The molecule has 4 aromatic carbocycles. The number of fused-ring (bicyclic) bond motifs is 3. The molecule has 2 unspecified atom stereocenters. The third-order valence-corrected chi connectivity index (χ3v) is 11.7. The Bertz CT molecular complexity index is 2100. The summed E-state index contributed by atoms with van der Waals surface area (Å²) in [4.78, 5) is 32.6. The zero-order valence-electron chi connectivity index (χ0n) is 33.4. The molecular weight excluding hydrogens is 729 g/mol. The van der Waals surface area contributed by atoms with Gasteiger partial charge < -0.3 is 30.0 Å². The number of unbranched alkanes of at least 4 members (excludes halogenated alkanes) is 6. The Morgan fingerprint density at radius 3 is 2.24 bits per heavy atom. The van der Waals surface area contributed by atoms with Gasteiger partial charge in [0.15, 0.2) is 0 Å². The highest BCUT2D eigenvalue weighted by atomic mass is 16.6. The number of ether oxygens (including phenoxy) is 2. The Morgan fingerprint density at radius 2 is 1.50 bits per heavy atom. The van der Waals surface area contributed by atoms with E-state index in [0.717, 1.165) is 94.3 Å². The first-order chi connectivity index (χ1) is 28.4. The van der Waals surface area contributed by atoms with E-state index in [-0.39, 0.29) is 23.5 Å². The summed E-state index contributed by atoms with van der Waals surface area (Å²) < 4.78 is 12.5. The second-order valence-corrected chi connectivity index (χ2v) is 15.9. The second kappa shape index (κ2) is 20.5. The van der Waals surface area contributed by atoms with Crippen LogP contribution in [0.25, 0.3) is 10.9 Å². The van der Waals surface area contributed by atoms with Crippen molar-refractivity contribution in [3.05, 3.63) is 136 Å². The fourth-order valence-corrected chi connectivity index (χ4v) is 8.67. The number of carbonyl (C=O) groups is 1. The summed E-state index contributed by atoms with van der Waals surface area (Å²) in [5.74, 6) is 0.741. The number of anilines is 1. The maximum absolute atomic E-state index is 14.0. The van der Waals surface area contributed by atoms with Gasteiger partial charge in [-0.3, -0.25) is 14.6 Å². The van der Waals surface area contributed by atoms with Gasteiger partial charge in [0.1, 0.15) is 17.6 Å². The Kier molecular flexibility index (Phi) is 14.5. The summed E-state index contributed by atoms with van der Waals surface area (Å²) in [6.07, 6.45) is 10.6. The van der Waals surface area contributed by atoms with Crippen molar-refractivity contribution in [2.75, 3.05) is 24.6 Å². The summed E-state index contributed by atoms with van der Waals surface area (Å²) in [6.45, 7) is 3.20. The number of carbonyl (C=O) groups excluding carboxylic acids is 1. The molecule has 7 rings (SSSR count). The molecule has 0 saturated carbocycles. The quantitative estimate of drug-likeness (QED) is 0.0576. The SMILES string of the molecule is O=C(OC1CC2CCC(C1)N2Cc1ccccc1)N(Cc1ccccc1)c1cccc(OCCCCCCCCCNC[C@H](O)c2ccc(O)c3[nH]c(=O)ccc23)c1. The number of hydrogen-bond donors (Lipinski definition) is 4. The fraction of sp³-hybridized carbons (Fsp3) is 0.417. The summed E-state index contributed by atoms with van der Waals surface area (Å²) in [5, 5.41) is 24.8. The first-order valence-corrected chi connectivity index (χ1v) is 21.2. The zero-order valence-corrected chi connectivity index (χ0v) is 33.4. The number of H-pyrrole nitrogens is 1. The summed E-state index contributed by atoms with van der Waals surface area (Å²) in [7, 11) is 0. The number of phenols is 1. The minimum absolute atomic E-state index is 0.0104. The number of aromatic hydroxyl groups is 1. The number of aromatic nitrogens is 1. The third-order valence-electron chi connectivity index (χ3n) is 11.7. The number of aliphatic hydroxyl groups is 1. The molecule has 2 aliphatic rings. The van der Waals surface area contributed by atoms with Crippen molar-refractivity contribution in [1.29, 1.82) is 0 Å². The van der Waals surface area contributed by atoms with Crippen molar-refractivity contribution in [2.45, 2.75) is 108 Å². The molecule has 0 aliphatic carbocycles. The van der Waals surface area contributed by atoms with E-state index < -0.39 is 6.10 Å². The predicted octanol–water partition coefficient (Wildman–Crippen LogP) is 9.01. The first kappa shape index (κ1) is 41.0. The molecular formula is C48H58N4O6. The average Bonchev–Trinajstić information content (AvgIpc) is 3.46. The molecule has 1 aromatic heterocycles. The minimum Gasteiger partial charge on any atom is -0.506 e. The molecule has 2 saturated heterocycles. The third kappa shape index (κ3) is 11.1. The molecule has 0 spiro atoms. The molecule has 3 atom stereocenters. The zero-order chi connectivity index (χ0) is 40.1. The van der Waals surface area contributed by atoms with E-state index in [1.165, 1.54) is 24.1 Å². The van der Waals surface area contributed by atoms with Gasteiger partial charge in [-0.05, 0) is 73.2 Å². The standard InChI is InChI=1S/C48H58N4O6/c53-44-25-23-42(43-24-26-46(55)50-47(43)44)45(54)32-49-27-12-4-2-1-3-5-13-28-57-40-20-14-19-37(29-40)52(34-36-17-10-7-11-18-36)48(56)58-41-30-38-21-22-39(31-41)51(38)33-35-15-8-6-9-16-35/h6-11,14-20,23-26,29,38-39,41,45,49,53-54H,1-5,12-13,21-22,27-28,30-34H2,(H,50,55)/t38?,39?,41?,45-/m0/s1. The molecule has 306 valence electrons. The van der Waals surface area contributed by atoms with E-state index in [1.807, 2.05) is 54.6 Å². The topological polar surface area (TPSA) is 127 Å². The van der Waals surface area contributed by atoms with E-state index in [9.17, 15) is 19.8 Å². The minimum atomic E-state index is -0.747. The molecule has 10 nitrogen and oxygen atoms in total. The van der Waals surface area contributed by atoms with E-state index in [2.05, 4.69) is 45.5 Å². The van der Waals surface area contributed by atoms with Crippen LogP contribution in [0.3, 0.4) is 0 Å². The number of benzene rings is 4. The molecule has 1 amide bonds. The van der Waals surface area contributed by atoms with Crippen LogP contribution in [0.1, 0.15) is 93.4 Å². The lowest BCUT2D eigenvalue weighted by Gasteiger charge is -2.39. The molecule has 10 heteroatoms. The van der Waals surface area contributed by atoms with E-state index >= 15 is 0 Å². The normalized spacial score (nSPS) is 18.3. The number of nitrogens with zero attached hydrogens (tertiary/aromatic N) is 2. The van der Waals surface area contributed by atoms with E-state index in [0.29, 0.717) is 48.2 Å². The number of amides is 1. The fourth-order valence-electron chi connectivity index (χ4n) is 8.67. The molecule has 5 aromatic rings. The number of hydrogen-bond acceptors (Lipinski definition) is 8. The molecule has 0 radical (unpaired) electrons. The lowest BCUT2D eigenvalue weighted by atomic mass is 9.99. The number of rotatable bonds is 20. The van der Waals surface area contributed by atoms with Crippen molar-refractivity contribution in [1.82, 2.24) is 15.2 Å². The summed E-state index contributed by atoms with van der Waals surface area (Å²) in [6, 6.07) is 35.7. The van der Waals surface area contributed by atoms with Gasteiger partial charge in [-0.2, -0.15) is 0 Å². The van der Waals surface area contributed by atoms with Crippen LogP contribution in [0.2, 0.25) is 0 Å². The Labute approximate surface area is 341 Å². The second-order valence-electron chi connectivity index (χ2n) is 15.9. The number of aliphatic hydroxyl groups excluding tert-OH is 1. The maximum Gasteiger partial charge on any atom is 0.414 e. The smallest absolute Gasteiger partial charge is 0.414 e. The Morgan fingerprint density at radius 1 is 0.810 bits per heavy atom. The summed E-state index contributed by atoms with van der Waals surface area (Å²) in [5.41, 5.74) is 3.87. The summed E-state index contributed by atoms with van der Waals surface area (Å²) >= 11 is 0. The molecule has 58 heavy (non-hydrogen) atoms. The first-order valence-electron chi connectivity index (χ1n) is 21.2. The van der Waals surface area contributed by atoms with Crippen LogP contribution < -0.4 is 20.5 Å². The van der Waals surface area contributed by atoms with E-state index in [1.54, 1.807) is 17.0 Å². The maximum atomic E-state index is 14.0. The van der Waals surface area contributed by atoms with Crippen LogP contribution in [0.15, 0.2) is 114 Å². The monoisotopic (exact) mass is 786 g/mol. The molecule has 4 N–H and O–H groups in total. The lowest BCUT2D eigenvalue weighted by molar-refractivity contribution is 0.0171. The average molecular weight is 787 g/mol. The largest absolute Gasteiger partial charge is 0.506 e. The number of aromatic amines is 1. The van der Waals surface area contributed by atoms with Gasteiger partial charge in [-0.25, -0.2) is 4.79 Å². The number of phenolic OH excluding ortho intramolecular Hbond substituents is 1. The van der Waals surface area contributed by atoms with Gasteiger partial charge in [0.05, 0.1) is 30.5 Å². The molecule has 2 bridgehead atoms. The predicted molar refractivity (Wildman–Crippen MR) is 229 cm³/mol. The van der Waals surface area contributed by atoms with Crippen molar-refractivity contribution in [3.8, 4) is 11.5 Å². The number of nitrogens with one attached hydrogen (secondary N) is 2. The van der Waals surface area contributed by atoms with E-state index in [4.69, 9.17) is 9.47 Å². The highest BCUT2D eigenvalue weighted by Gasteiger charge is 2.42. The van der Waals surface area contributed by atoms with Crippen LogP contribution >= 0.6 is 0 Å². The van der Waals surface area contributed by atoms with Gasteiger partial charge in [-0.1, -0.05) is 105 Å². The van der Waals surface area contributed by atoms with Gasteiger partial charge in [0.2, 0.25) is 5.56 Å². The Hall–Kier alpha value is -5.16. The number of piperidine rings is 1. The van der Waals surface area contributed by atoms with Gasteiger partial charge in [0, 0.05) is 55.5 Å². The highest BCUT2D eigenvalue weighted by Crippen LogP contribution is 2.38. The molecule has 2 fully saturated rings. The van der Waals surface area contributed by atoms with Crippen LogP contribution in [0.5, 0.6) is 11.5 Å². The van der Waals surface area contributed by atoms with Crippen LogP contribution in [0, 0.1) is 0 Å². The molecule has 2 aliphatic heterocycles. The van der Waals surface area contributed by atoms with Crippen molar-refractivity contribution in [3.63, 3.8) is 0 Å². The van der Waals surface area contributed by atoms with Gasteiger partial charge in [-0.15, -0.1) is 0 Å².